The highest BCUT2D eigenvalue weighted by atomic mass is 19.4. The Morgan fingerprint density at radius 1 is 0.771 bits per heavy atom. The molecule has 1 aromatic rings. The molecule has 0 atom stereocenters. The van der Waals surface area contributed by atoms with Crippen molar-refractivity contribution in [2.75, 3.05) is 5.43 Å². The van der Waals surface area contributed by atoms with Gasteiger partial charge in [0.1, 0.15) is 5.69 Å². The lowest BCUT2D eigenvalue weighted by molar-refractivity contribution is -0.439. The number of nitro benzene ring substituents is 2. The molecule has 0 saturated carbocycles. The van der Waals surface area contributed by atoms with Crippen LogP contribution in [0.1, 0.15) is 6.42 Å². The van der Waals surface area contributed by atoms with E-state index in [4.69, 9.17) is 0 Å². The van der Waals surface area contributed by atoms with Crippen LogP contribution in [0, 0.1) is 20.2 Å². The molecule has 0 radical (unpaired) electrons. The second-order valence-corrected chi connectivity index (χ2v) is 6.34. The number of anilines is 1. The molecule has 1 aromatic carbocycles. The van der Waals surface area contributed by atoms with Crippen molar-refractivity contribution in [1.29, 1.82) is 0 Å². The molecule has 1 rings (SSSR count). The van der Waals surface area contributed by atoms with Gasteiger partial charge in [-0.1, -0.05) is 0 Å². The maximum absolute atomic E-state index is 13.6. The Morgan fingerprint density at radius 3 is 1.69 bits per heavy atom. The molecule has 0 aliphatic carbocycles. The number of nitrogens with one attached hydrogen (secondary N) is 1. The summed E-state index contributed by atoms with van der Waals surface area (Å²) < 4.78 is 169. The van der Waals surface area contributed by atoms with Crippen molar-refractivity contribution in [2.24, 2.45) is 5.10 Å². The van der Waals surface area contributed by atoms with E-state index in [1.807, 2.05) is 0 Å². The molecule has 21 heteroatoms. The molecule has 0 fully saturated rings. The minimum atomic E-state index is -8.04. The molecule has 0 aliphatic heterocycles. The van der Waals surface area contributed by atoms with Crippen molar-refractivity contribution < 1.29 is 66.9 Å². The van der Waals surface area contributed by atoms with Crippen molar-refractivity contribution in [3.05, 3.63) is 38.4 Å². The fraction of sp³-hybridized carbons (Fsp3) is 0.500. The first-order chi connectivity index (χ1) is 15.5. The van der Waals surface area contributed by atoms with Gasteiger partial charge >= 0.3 is 41.5 Å². The molecule has 35 heavy (non-hydrogen) atoms. The van der Waals surface area contributed by atoms with Gasteiger partial charge in [-0.25, -0.2) is 0 Å². The maximum atomic E-state index is 13.6. The smallest absolute Gasteiger partial charge is 0.272 e. The van der Waals surface area contributed by atoms with Gasteiger partial charge in [0.25, 0.3) is 5.69 Å². The molecule has 0 aliphatic rings. The standard InChI is InChI=1S/C14H7F13N4O4/c15-9(16,10(17,18)11(19,20)12(21,22)13(23,24)14(25,26)27)3-4-28-29-7-2-1-6(30(32)33)5-8(7)31(34)35/h1-2,4-5,29H,3H2/b28-4-. The average Bonchev–Trinajstić information content (AvgIpc) is 2.69. The highest BCUT2D eigenvalue weighted by Crippen LogP contribution is 2.60. The third kappa shape index (κ3) is 5.01. The zero-order valence-electron chi connectivity index (χ0n) is 15.9. The first-order valence-electron chi connectivity index (χ1n) is 8.12. The number of halogens is 13. The summed E-state index contributed by atoms with van der Waals surface area (Å²) in [6.45, 7) is 0. The van der Waals surface area contributed by atoms with Gasteiger partial charge in [-0.3, -0.25) is 25.7 Å². The second kappa shape index (κ2) is 8.98. The third-order valence-corrected chi connectivity index (χ3v) is 4.01. The third-order valence-electron chi connectivity index (χ3n) is 4.01. The van der Waals surface area contributed by atoms with Gasteiger partial charge < -0.3 is 0 Å². The number of benzene rings is 1. The topological polar surface area (TPSA) is 111 Å². The van der Waals surface area contributed by atoms with Crippen LogP contribution in [0.15, 0.2) is 23.3 Å². The van der Waals surface area contributed by atoms with E-state index in [1.165, 1.54) is 5.43 Å². The summed E-state index contributed by atoms with van der Waals surface area (Å²) in [4.78, 5) is 19.1. The van der Waals surface area contributed by atoms with Crippen LogP contribution in [-0.4, -0.2) is 51.9 Å². The van der Waals surface area contributed by atoms with Crippen LogP contribution in [-0.2, 0) is 0 Å². The first-order valence-corrected chi connectivity index (χ1v) is 8.12. The summed E-state index contributed by atoms with van der Waals surface area (Å²) in [6.07, 6.45) is -10.8. The van der Waals surface area contributed by atoms with Gasteiger partial charge in [0, 0.05) is 12.3 Å². The van der Waals surface area contributed by atoms with Crippen molar-refractivity contribution in [3.63, 3.8) is 0 Å². The molecular formula is C14H7F13N4O4. The number of hydrogen-bond acceptors (Lipinski definition) is 6. The molecule has 0 aromatic heterocycles. The Kier molecular flexibility index (Phi) is 7.60. The van der Waals surface area contributed by atoms with Crippen LogP contribution >= 0.6 is 0 Å². The van der Waals surface area contributed by atoms with E-state index in [2.05, 4.69) is 5.10 Å². The zero-order valence-corrected chi connectivity index (χ0v) is 15.9. The normalized spacial score (nSPS) is 14.3. The van der Waals surface area contributed by atoms with Gasteiger partial charge in [0.15, 0.2) is 0 Å². The Labute approximate surface area is 182 Å². The SMILES string of the molecule is O=[N+]([O-])c1ccc(N/N=C\CC(F)(F)C(F)(F)C(F)(F)C(F)(F)C(F)(F)C(F)(F)F)c([N+](=O)[O-])c1. The van der Waals surface area contributed by atoms with E-state index in [0.29, 0.717) is 18.2 Å². The lowest BCUT2D eigenvalue weighted by Crippen LogP contribution is -2.70. The van der Waals surface area contributed by atoms with Crippen LogP contribution in [0.3, 0.4) is 0 Å². The lowest BCUT2D eigenvalue weighted by Gasteiger charge is -2.39. The van der Waals surface area contributed by atoms with Crippen molar-refractivity contribution in [1.82, 2.24) is 0 Å². The summed E-state index contributed by atoms with van der Waals surface area (Å²) in [5.41, 5.74) is -1.27. The lowest BCUT2D eigenvalue weighted by atomic mass is 9.93. The van der Waals surface area contributed by atoms with Crippen LogP contribution in [0.4, 0.5) is 74.1 Å². The molecule has 0 unspecified atom stereocenters. The molecule has 1 N–H and O–H groups in total. The monoisotopic (exact) mass is 542 g/mol. The summed E-state index contributed by atoms with van der Waals surface area (Å²) in [5, 5.41) is 24.1. The predicted octanol–water partition coefficient (Wildman–Crippen LogP) is 6.03. The second-order valence-electron chi connectivity index (χ2n) is 6.34. The van der Waals surface area contributed by atoms with Crippen LogP contribution in [0.5, 0.6) is 0 Å². The molecule has 0 spiro atoms. The highest BCUT2D eigenvalue weighted by Gasteiger charge is 2.90. The maximum Gasteiger partial charge on any atom is 0.460 e. The van der Waals surface area contributed by atoms with Crippen LogP contribution in [0.2, 0.25) is 0 Å². The summed E-state index contributed by atoms with van der Waals surface area (Å²) >= 11 is 0. The number of alkyl halides is 13. The fourth-order valence-corrected chi connectivity index (χ4v) is 2.08. The minimum Gasteiger partial charge on any atom is -0.272 e. The van der Waals surface area contributed by atoms with Crippen molar-refractivity contribution >= 4 is 23.3 Å². The molecule has 0 heterocycles. The molecule has 0 saturated heterocycles. The van der Waals surface area contributed by atoms with Crippen molar-refractivity contribution in [2.45, 2.75) is 42.2 Å². The largest absolute Gasteiger partial charge is 0.460 e. The quantitative estimate of drug-likeness (QED) is 0.168. The van der Waals surface area contributed by atoms with Gasteiger partial charge in [0.2, 0.25) is 0 Å². The number of nitro groups is 2. The highest BCUT2D eigenvalue weighted by molar-refractivity contribution is 5.67. The molecule has 8 nitrogen and oxygen atoms in total. The van der Waals surface area contributed by atoms with E-state index in [1.54, 1.807) is 0 Å². The molecule has 198 valence electrons. The van der Waals surface area contributed by atoms with Crippen LogP contribution in [0.25, 0.3) is 0 Å². The van der Waals surface area contributed by atoms with Crippen LogP contribution < -0.4 is 5.43 Å². The summed E-state index contributed by atoms with van der Waals surface area (Å²) in [5.74, 6) is -37.8. The van der Waals surface area contributed by atoms with Gasteiger partial charge in [-0.15, -0.1) is 0 Å². The summed E-state index contributed by atoms with van der Waals surface area (Å²) in [7, 11) is 0. The number of hydrazone groups is 1. The predicted molar refractivity (Wildman–Crippen MR) is 87.3 cm³/mol. The Hall–Kier alpha value is -3.42. The Morgan fingerprint density at radius 2 is 1.26 bits per heavy atom. The average molecular weight is 542 g/mol. The number of hydrogen-bond donors (Lipinski definition) is 1. The van der Waals surface area contributed by atoms with Gasteiger partial charge in [0.05, 0.1) is 22.3 Å². The minimum absolute atomic E-state index is 0.323. The Bertz CT molecular complexity index is 1010. The summed E-state index contributed by atoms with van der Waals surface area (Å²) in [6, 6.07) is 1.50. The van der Waals surface area contributed by atoms with E-state index in [0.717, 1.165) is 0 Å². The fourth-order valence-electron chi connectivity index (χ4n) is 2.08. The number of non-ortho nitro benzene ring substituents is 1. The van der Waals surface area contributed by atoms with E-state index in [-0.39, 0.29) is 0 Å². The molecule has 0 bridgehead atoms. The van der Waals surface area contributed by atoms with Gasteiger partial charge in [-0.05, 0) is 6.07 Å². The van der Waals surface area contributed by atoms with E-state index < -0.39 is 75.3 Å². The molecular weight excluding hydrogens is 535 g/mol. The molecule has 0 amide bonds. The van der Waals surface area contributed by atoms with Crippen molar-refractivity contribution in [3.8, 4) is 0 Å². The first kappa shape index (κ1) is 29.6. The number of nitrogens with zero attached hydrogens (tertiary/aromatic N) is 3. The number of rotatable bonds is 10. The van der Waals surface area contributed by atoms with Gasteiger partial charge in [-0.2, -0.15) is 62.2 Å². The zero-order chi connectivity index (χ0) is 27.8. The van der Waals surface area contributed by atoms with E-state index >= 15 is 0 Å². The Balaban J connectivity index is 3.21. The van der Waals surface area contributed by atoms with E-state index in [9.17, 15) is 77.3 Å².